The van der Waals surface area contributed by atoms with E-state index >= 15 is 0 Å². The van der Waals surface area contributed by atoms with Crippen molar-refractivity contribution < 1.29 is 9.53 Å². The van der Waals surface area contributed by atoms with Gasteiger partial charge in [0.1, 0.15) is 5.75 Å². The molecule has 116 valence electrons. The van der Waals surface area contributed by atoms with Crippen LogP contribution in [0, 0.1) is 6.92 Å². The molecule has 0 bridgehead atoms. The maximum atomic E-state index is 12.3. The predicted molar refractivity (Wildman–Crippen MR) is 86.7 cm³/mol. The van der Waals surface area contributed by atoms with E-state index in [1.807, 2.05) is 46.9 Å². The molecule has 1 aromatic carbocycles. The van der Waals surface area contributed by atoms with Gasteiger partial charge in [-0.15, -0.1) is 11.3 Å². The fraction of sp³-hybridized carbons (Fsp3) is 0.375. The second-order valence-corrected chi connectivity index (χ2v) is 6.47. The van der Waals surface area contributed by atoms with Crippen molar-refractivity contribution in [1.82, 2.24) is 9.47 Å². The van der Waals surface area contributed by atoms with E-state index in [0.29, 0.717) is 4.80 Å². The van der Waals surface area contributed by atoms with Crippen LogP contribution >= 0.6 is 11.3 Å². The first-order valence-corrected chi connectivity index (χ1v) is 8.17. The number of aryl methyl sites for hydroxylation is 1. The molecule has 2 aromatic rings. The van der Waals surface area contributed by atoms with E-state index in [1.165, 1.54) is 11.3 Å². The quantitative estimate of drug-likeness (QED) is 0.855. The SMILES string of the molecule is COc1ccccc1-n1cc(C)sc1=NC(=O)N1CCCC1. The highest BCUT2D eigenvalue weighted by molar-refractivity contribution is 7.09. The zero-order valence-corrected chi connectivity index (χ0v) is 13.6. The largest absolute Gasteiger partial charge is 0.495 e. The normalized spacial score (nSPS) is 15.4. The molecule has 3 rings (SSSR count). The molecule has 0 saturated carbocycles. The van der Waals surface area contributed by atoms with Crippen molar-refractivity contribution in [2.24, 2.45) is 4.99 Å². The number of likely N-dealkylation sites (tertiary alicyclic amines) is 1. The van der Waals surface area contributed by atoms with Crippen molar-refractivity contribution in [3.05, 3.63) is 40.1 Å². The molecule has 0 N–H and O–H groups in total. The second-order valence-electron chi connectivity index (χ2n) is 5.25. The van der Waals surface area contributed by atoms with Crippen molar-refractivity contribution in [1.29, 1.82) is 0 Å². The Hall–Kier alpha value is -2.08. The molecule has 0 radical (unpaired) electrons. The van der Waals surface area contributed by atoms with Crippen LogP contribution in [0.25, 0.3) is 5.69 Å². The number of hydrogen-bond donors (Lipinski definition) is 0. The minimum absolute atomic E-state index is 0.150. The van der Waals surface area contributed by atoms with Gasteiger partial charge in [-0.1, -0.05) is 12.1 Å². The van der Waals surface area contributed by atoms with Crippen LogP contribution in [0.15, 0.2) is 35.5 Å². The van der Waals surface area contributed by atoms with Crippen LogP contribution in [0.3, 0.4) is 0 Å². The van der Waals surface area contributed by atoms with Gasteiger partial charge in [0, 0.05) is 24.2 Å². The molecule has 1 saturated heterocycles. The zero-order chi connectivity index (χ0) is 15.5. The molecule has 2 heterocycles. The number of amides is 2. The zero-order valence-electron chi connectivity index (χ0n) is 12.8. The first-order chi connectivity index (χ1) is 10.7. The van der Waals surface area contributed by atoms with Crippen molar-refractivity contribution in [3.63, 3.8) is 0 Å². The number of carbonyl (C=O) groups is 1. The van der Waals surface area contributed by atoms with Crippen LogP contribution in [0.1, 0.15) is 17.7 Å². The molecule has 0 unspecified atom stereocenters. The maximum absolute atomic E-state index is 12.3. The second kappa shape index (κ2) is 6.36. The Morgan fingerprint density at radius 2 is 2.00 bits per heavy atom. The van der Waals surface area contributed by atoms with E-state index in [9.17, 15) is 4.79 Å². The van der Waals surface area contributed by atoms with E-state index < -0.39 is 0 Å². The van der Waals surface area contributed by atoms with Gasteiger partial charge in [-0.3, -0.25) is 4.57 Å². The number of nitrogens with zero attached hydrogens (tertiary/aromatic N) is 3. The lowest BCUT2D eigenvalue weighted by Gasteiger charge is -2.11. The Morgan fingerprint density at radius 1 is 1.27 bits per heavy atom. The summed E-state index contributed by atoms with van der Waals surface area (Å²) in [6.07, 6.45) is 4.12. The Labute approximate surface area is 133 Å². The lowest BCUT2D eigenvalue weighted by Crippen LogP contribution is -2.27. The molecule has 6 heteroatoms. The topological polar surface area (TPSA) is 46.8 Å². The molecule has 0 spiro atoms. The van der Waals surface area contributed by atoms with Gasteiger partial charge < -0.3 is 9.64 Å². The maximum Gasteiger partial charge on any atom is 0.346 e. The summed E-state index contributed by atoms with van der Waals surface area (Å²) in [5.41, 5.74) is 0.891. The number of urea groups is 1. The molecular formula is C16H19N3O2S. The number of benzene rings is 1. The minimum atomic E-state index is -0.150. The number of ether oxygens (including phenoxy) is 1. The number of thiazole rings is 1. The summed E-state index contributed by atoms with van der Waals surface area (Å²) in [5, 5.41) is 0. The molecule has 1 aromatic heterocycles. The van der Waals surface area contributed by atoms with Gasteiger partial charge >= 0.3 is 6.03 Å². The van der Waals surface area contributed by atoms with Crippen LogP contribution in [0.2, 0.25) is 0 Å². The minimum Gasteiger partial charge on any atom is -0.495 e. The highest BCUT2D eigenvalue weighted by atomic mass is 32.1. The van der Waals surface area contributed by atoms with Crippen molar-refractivity contribution >= 4 is 17.4 Å². The van der Waals surface area contributed by atoms with Gasteiger partial charge in [-0.05, 0) is 31.9 Å². The van der Waals surface area contributed by atoms with Crippen LogP contribution in [0.4, 0.5) is 4.79 Å². The Morgan fingerprint density at radius 3 is 2.73 bits per heavy atom. The van der Waals surface area contributed by atoms with Crippen molar-refractivity contribution in [2.75, 3.05) is 20.2 Å². The highest BCUT2D eigenvalue weighted by Crippen LogP contribution is 2.22. The van der Waals surface area contributed by atoms with Crippen LogP contribution in [-0.2, 0) is 0 Å². The standard InChI is InChI=1S/C16H19N3O2S/c1-12-11-19(13-7-3-4-8-14(13)21-2)16(22-12)17-15(20)18-9-5-6-10-18/h3-4,7-8,11H,5-6,9-10H2,1-2H3. The van der Waals surface area contributed by atoms with Gasteiger partial charge in [0.2, 0.25) is 0 Å². The number of carbonyl (C=O) groups excluding carboxylic acids is 1. The molecule has 1 aliphatic rings. The third-order valence-corrected chi connectivity index (χ3v) is 4.58. The summed E-state index contributed by atoms with van der Waals surface area (Å²) in [7, 11) is 1.64. The summed E-state index contributed by atoms with van der Waals surface area (Å²) in [5.74, 6) is 0.760. The predicted octanol–water partition coefficient (Wildman–Crippen LogP) is 2.97. The molecule has 5 nitrogen and oxygen atoms in total. The lowest BCUT2D eigenvalue weighted by molar-refractivity contribution is 0.218. The third-order valence-electron chi connectivity index (χ3n) is 3.68. The number of aromatic nitrogens is 1. The summed E-state index contributed by atoms with van der Waals surface area (Å²) in [6, 6.07) is 7.59. The number of para-hydroxylation sites is 2. The molecule has 0 atom stereocenters. The van der Waals surface area contributed by atoms with E-state index in [2.05, 4.69) is 4.99 Å². The molecule has 1 aliphatic heterocycles. The van der Waals surface area contributed by atoms with E-state index in [4.69, 9.17) is 4.74 Å². The first-order valence-electron chi connectivity index (χ1n) is 7.35. The number of hydrogen-bond acceptors (Lipinski definition) is 3. The van der Waals surface area contributed by atoms with Crippen molar-refractivity contribution in [3.8, 4) is 11.4 Å². The summed E-state index contributed by atoms with van der Waals surface area (Å²) >= 11 is 1.51. The van der Waals surface area contributed by atoms with Gasteiger partial charge in [-0.2, -0.15) is 4.99 Å². The summed E-state index contributed by atoms with van der Waals surface area (Å²) < 4.78 is 7.34. The Balaban J connectivity index is 2.04. The van der Waals surface area contributed by atoms with Gasteiger partial charge in [0.25, 0.3) is 0 Å². The van der Waals surface area contributed by atoms with Crippen LogP contribution < -0.4 is 9.54 Å². The van der Waals surface area contributed by atoms with E-state index in [-0.39, 0.29) is 6.03 Å². The third kappa shape index (κ3) is 2.92. The average molecular weight is 317 g/mol. The van der Waals surface area contributed by atoms with Gasteiger partial charge in [-0.25, -0.2) is 4.79 Å². The van der Waals surface area contributed by atoms with Gasteiger partial charge in [0.05, 0.1) is 12.8 Å². The number of rotatable bonds is 2. The van der Waals surface area contributed by atoms with Crippen molar-refractivity contribution in [2.45, 2.75) is 19.8 Å². The average Bonchev–Trinajstić information content (AvgIpc) is 3.17. The van der Waals surface area contributed by atoms with Crippen LogP contribution in [-0.4, -0.2) is 35.7 Å². The first kappa shape index (κ1) is 14.8. The number of methoxy groups -OCH3 is 1. The fourth-order valence-corrected chi connectivity index (χ4v) is 3.41. The fourth-order valence-electron chi connectivity index (χ4n) is 2.60. The Kier molecular flexibility index (Phi) is 4.29. The molecule has 1 fully saturated rings. The van der Waals surface area contributed by atoms with E-state index in [1.54, 1.807) is 7.11 Å². The lowest BCUT2D eigenvalue weighted by atomic mass is 10.3. The molecule has 0 aliphatic carbocycles. The van der Waals surface area contributed by atoms with Crippen LogP contribution in [0.5, 0.6) is 5.75 Å². The molecule has 22 heavy (non-hydrogen) atoms. The smallest absolute Gasteiger partial charge is 0.346 e. The monoisotopic (exact) mass is 317 g/mol. The summed E-state index contributed by atoms with van der Waals surface area (Å²) in [4.78, 5) is 20.2. The Bertz CT molecular complexity index is 742. The summed E-state index contributed by atoms with van der Waals surface area (Å²) in [6.45, 7) is 3.62. The van der Waals surface area contributed by atoms with E-state index in [0.717, 1.165) is 42.2 Å². The highest BCUT2D eigenvalue weighted by Gasteiger charge is 2.17. The van der Waals surface area contributed by atoms with Gasteiger partial charge in [0.15, 0.2) is 4.80 Å². The molecular weight excluding hydrogens is 298 g/mol. The molecule has 2 amide bonds.